The van der Waals surface area contributed by atoms with Gasteiger partial charge in [0.2, 0.25) is 5.91 Å². The van der Waals surface area contributed by atoms with E-state index in [0.717, 1.165) is 11.1 Å². The molecule has 4 nitrogen and oxygen atoms in total. The van der Waals surface area contributed by atoms with Gasteiger partial charge in [0.1, 0.15) is 5.69 Å². The van der Waals surface area contributed by atoms with Gasteiger partial charge in [-0.05, 0) is 24.6 Å². The van der Waals surface area contributed by atoms with Crippen LogP contribution < -0.4 is 5.32 Å². The Labute approximate surface area is 145 Å². The van der Waals surface area contributed by atoms with Crippen LogP contribution in [0, 0.1) is 6.92 Å². The van der Waals surface area contributed by atoms with Gasteiger partial charge in [-0.15, -0.1) is 0 Å². The second kappa shape index (κ2) is 7.32. The van der Waals surface area contributed by atoms with Crippen molar-refractivity contribution in [3.8, 4) is 11.3 Å². The average Bonchev–Trinajstić information content (AvgIpc) is 3.05. The Morgan fingerprint density at radius 2 is 1.83 bits per heavy atom. The van der Waals surface area contributed by atoms with Crippen molar-refractivity contribution < 1.29 is 9.32 Å². The van der Waals surface area contributed by atoms with Gasteiger partial charge in [-0.2, -0.15) is 0 Å². The Morgan fingerprint density at radius 1 is 1.12 bits per heavy atom. The predicted molar refractivity (Wildman–Crippen MR) is 93.7 cm³/mol. The van der Waals surface area contributed by atoms with Gasteiger partial charge in [-0.25, -0.2) is 0 Å². The van der Waals surface area contributed by atoms with Crippen molar-refractivity contribution >= 4 is 17.5 Å². The van der Waals surface area contributed by atoms with Crippen LogP contribution in [-0.2, 0) is 17.8 Å². The number of nitrogens with zero attached hydrogens (tertiary/aromatic N) is 1. The summed E-state index contributed by atoms with van der Waals surface area (Å²) in [6.45, 7) is 2.37. The number of hydrogen-bond acceptors (Lipinski definition) is 3. The van der Waals surface area contributed by atoms with E-state index in [2.05, 4.69) is 10.5 Å². The lowest BCUT2D eigenvalue weighted by atomic mass is 10.1. The first-order valence-corrected chi connectivity index (χ1v) is 8.02. The number of carbonyl (C=O) groups excluding carboxylic acids is 1. The summed E-state index contributed by atoms with van der Waals surface area (Å²) in [5.74, 6) is 0.620. The molecule has 0 fully saturated rings. The highest BCUT2D eigenvalue weighted by Gasteiger charge is 2.08. The number of carbonyl (C=O) groups is 1. The highest BCUT2D eigenvalue weighted by molar-refractivity contribution is 6.30. The van der Waals surface area contributed by atoms with Gasteiger partial charge in [0.25, 0.3) is 0 Å². The lowest BCUT2D eigenvalue weighted by Gasteiger charge is -2.03. The summed E-state index contributed by atoms with van der Waals surface area (Å²) in [6.07, 6.45) is 0.305. The van der Waals surface area contributed by atoms with E-state index in [0.29, 0.717) is 29.4 Å². The molecule has 3 aromatic rings. The van der Waals surface area contributed by atoms with Gasteiger partial charge in [0, 0.05) is 16.7 Å². The molecule has 0 spiro atoms. The van der Waals surface area contributed by atoms with E-state index in [9.17, 15) is 4.79 Å². The molecule has 0 aliphatic carbocycles. The molecule has 122 valence electrons. The molecule has 0 atom stereocenters. The van der Waals surface area contributed by atoms with Gasteiger partial charge >= 0.3 is 0 Å². The van der Waals surface area contributed by atoms with Crippen molar-refractivity contribution in [2.45, 2.75) is 19.9 Å². The molecule has 0 saturated carbocycles. The second-order valence-electron chi connectivity index (χ2n) is 5.63. The number of amides is 1. The molecule has 24 heavy (non-hydrogen) atoms. The Bertz CT molecular complexity index is 823. The molecule has 1 amide bonds. The Morgan fingerprint density at radius 3 is 2.54 bits per heavy atom. The predicted octanol–water partition coefficient (Wildman–Crippen LogP) is 4.16. The van der Waals surface area contributed by atoms with E-state index in [1.54, 1.807) is 12.1 Å². The fraction of sp³-hybridized carbons (Fsp3) is 0.158. The topological polar surface area (TPSA) is 55.1 Å². The van der Waals surface area contributed by atoms with Gasteiger partial charge in [0.05, 0.1) is 13.0 Å². The molecule has 1 N–H and O–H groups in total. The normalized spacial score (nSPS) is 10.6. The van der Waals surface area contributed by atoms with Gasteiger partial charge < -0.3 is 9.84 Å². The zero-order valence-electron chi connectivity index (χ0n) is 13.3. The highest BCUT2D eigenvalue weighted by Crippen LogP contribution is 2.20. The third kappa shape index (κ3) is 4.24. The highest BCUT2D eigenvalue weighted by atomic mass is 35.5. The van der Waals surface area contributed by atoms with Gasteiger partial charge in [0.15, 0.2) is 5.76 Å². The van der Waals surface area contributed by atoms with E-state index >= 15 is 0 Å². The molecule has 5 heteroatoms. The van der Waals surface area contributed by atoms with E-state index in [4.69, 9.17) is 16.1 Å². The Hall–Kier alpha value is -2.59. The molecule has 0 radical (unpaired) electrons. The monoisotopic (exact) mass is 340 g/mol. The number of rotatable bonds is 5. The molecule has 1 heterocycles. The van der Waals surface area contributed by atoms with E-state index in [1.165, 1.54) is 5.56 Å². The fourth-order valence-electron chi connectivity index (χ4n) is 2.29. The van der Waals surface area contributed by atoms with Crippen LogP contribution in [0.5, 0.6) is 0 Å². The summed E-state index contributed by atoms with van der Waals surface area (Å²) < 4.78 is 5.34. The summed E-state index contributed by atoms with van der Waals surface area (Å²) in [7, 11) is 0. The molecule has 3 rings (SSSR count). The SMILES string of the molecule is Cc1ccc(-c2cc(CNC(=O)Cc3ccc(Cl)cc3)no2)cc1. The summed E-state index contributed by atoms with van der Waals surface area (Å²) in [6, 6.07) is 17.1. The molecule has 1 aromatic heterocycles. The molecule has 0 aliphatic rings. The van der Waals surface area contributed by atoms with Crippen LogP contribution in [-0.4, -0.2) is 11.1 Å². The quantitative estimate of drug-likeness (QED) is 0.758. The van der Waals surface area contributed by atoms with Crippen LogP contribution in [0.1, 0.15) is 16.8 Å². The molecule has 0 saturated heterocycles. The smallest absolute Gasteiger partial charge is 0.224 e. The van der Waals surface area contributed by atoms with E-state index < -0.39 is 0 Å². The standard InChI is InChI=1S/C19H17ClN2O2/c1-13-2-6-15(7-3-13)18-11-17(22-24-18)12-21-19(23)10-14-4-8-16(20)9-5-14/h2-9,11H,10,12H2,1H3,(H,21,23). The van der Waals surface area contributed by atoms with Crippen LogP contribution in [0.4, 0.5) is 0 Å². The Balaban J connectivity index is 1.56. The van der Waals surface area contributed by atoms with Gasteiger partial charge in [-0.1, -0.05) is 58.7 Å². The van der Waals surface area contributed by atoms with E-state index in [-0.39, 0.29) is 5.91 Å². The lowest BCUT2D eigenvalue weighted by molar-refractivity contribution is -0.120. The summed E-state index contributed by atoms with van der Waals surface area (Å²) in [5, 5.41) is 7.50. The van der Waals surface area contributed by atoms with Crippen LogP contribution in [0.3, 0.4) is 0 Å². The third-order valence-corrected chi connectivity index (χ3v) is 3.89. The van der Waals surface area contributed by atoms with Crippen molar-refractivity contribution in [1.29, 1.82) is 0 Å². The molecular weight excluding hydrogens is 324 g/mol. The first-order chi connectivity index (χ1) is 11.6. The number of benzene rings is 2. The van der Waals surface area contributed by atoms with Crippen molar-refractivity contribution in [2.75, 3.05) is 0 Å². The van der Waals surface area contributed by atoms with Crippen molar-refractivity contribution in [2.24, 2.45) is 0 Å². The van der Waals surface area contributed by atoms with Crippen LogP contribution >= 0.6 is 11.6 Å². The second-order valence-corrected chi connectivity index (χ2v) is 6.06. The maximum Gasteiger partial charge on any atom is 0.224 e. The fourth-order valence-corrected chi connectivity index (χ4v) is 2.41. The van der Waals surface area contributed by atoms with Crippen LogP contribution in [0.2, 0.25) is 5.02 Å². The van der Waals surface area contributed by atoms with Crippen LogP contribution in [0.25, 0.3) is 11.3 Å². The number of aryl methyl sites for hydroxylation is 1. The minimum atomic E-state index is -0.0720. The first kappa shape index (κ1) is 16.3. The number of hydrogen-bond donors (Lipinski definition) is 1. The Kier molecular flexibility index (Phi) is 4.96. The average molecular weight is 341 g/mol. The number of aromatic nitrogens is 1. The zero-order valence-corrected chi connectivity index (χ0v) is 14.0. The number of nitrogens with one attached hydrogen (secondary N) is 1. The van der Waals surface area contributed by atoms with Crippen molar-refractivity contribution in [3.63, 3.8) is 0 Å². The maximum absolute atomic E-state index is 12.0. The largest absolute Gasteiger partial charge is 0.356 e. The minimum Gasteiger partial charge on any atom is -0.356 e. The zero-order chi connectivity index (χ0) is 16.9. The lowest BCUT2D eigenvalue weighted by Crippen LogP contribution is -2.24. The molecule has 0 unspecified atom stereocenters. The summed E-state index contributed by atoms with van der Waals surface area (Å²) in [4.78, 5) is 12.0. The van der Waals surface area contributed by atoms with Crippen LogP contribution in [0.15, 0.2) is 59.1 Å². The summed E-state index contributed by atoms with van der Waals surface area (Å²) in [5.41, 5.74) is 3.76. The summed E-state index contributed by atoms with van der Waals surface area (Å²) >= 11 is 5.83. The van der Waals surface area contributed by atoms with Crippen molar-refractivity contribution in [1.82, 2.24) is 10.5 Å². The minimum absolute atomic E-state index is 0.0720. The number of halogens is 1. The van der Waals surface area contributed by atoms with Crippen molar-refractivity contribution in [3.05, 3.63) is 76.4 Å². The maximum atomic E-state index is 12.0. The van der Waals surface area contributed by atoms with E-state index in [1.807, 2.05) is 49.4 Å². The third-order valence-electron chi connectivity index (χ3n) is 3.64. The molecule has 2 aromatic carbocycles. The first-order valence-electron chi connectivity index (χ1n) is 7.64. The molecule has 0 aliphatic heterocycles. The molecular formula is C19H17ClN2O2. The van der Waals surface area contributed by atoms with Gasteiger partial charge in [-0.3, -0.25) is 4.79 Å². The molecule has 0 bridgehead atoms.